The molecule has 0 amide bonds. The third-order valence-corrected chi connectivity index (χ3v) is 4.60. The molecule has 27 heavy (non-hydrogen) atoms. The zero-order chi connectivity index (χ0) is 19.4. The number of nitrogens with zero attached hydrogens (tertiary/aromatic N) is 3. The Kier molecular flexibility index (Phi) is 5.65. The molecule has 0 unspecified atom stereocenters. The molecule has 1 heterocycles. The van der Waals surface area contributed by atoms with Gasteiger partial charge in [0.25, 0.3) is 0 Å². The first-order valence-electron chi connectivity index (χ1n) is 9.23. The first kappa shape index (κ1) is 18.8. The molecule has 0 fully saturated rings. The average molecular weight is 361 g/mol. The van der Waals surface area contributed by atoms with Crippen LogP contribution in [0.1, 0.15) is 23.9 Å². The fourth-order valence-electron chi connectivity index (χ4n) is 3.15. The Hall–Kier alpha value is -3.01. The van der Waals surface area contributed by atoms with Gasteiger partial charge in [-0.2, -0.15) is 0 Å². The van der Waals surface area contributed by atoms with E-state index in [4.69, 9.17) is 4.74 Å². The number of aliphatic imine (C=N–C) groups is 1. The fraction of sp³-hybridized carbons (Fsp3) is 0.261. The minimum absolute atomic E-state index is 0.678. The molecule has 0 aliphatic rings. The molecule has 2 aromatic carbocycles. The van der Waals surface area contributed by atoms with Crippen molar-refractivity contribution >= 4 is 17.6 Å². The molecular weight excluding hydrogens is 334 g/mol. The van der Waals surface area contributed by atoms with Gasteiger partial charge in [0.15, 0.2) is 0 Å². The number of aromatic nitrogens is 1. The highest BCUT2D eigenvalue weighted by atomic mass is 16.5. The van der Waals surface area contributed by atoms with Crippen LogP contribution in [-0.2, 0) is 0 Å². The molecule has 0 N–H and O–H groups in total. The average Bonchev–Trinajstić information content (AvgIpc) is 2.95. The van der Waals surface area contributed by atoms with E-state index in [1.165, 1.54) is 17.1 Å². The highest BCUT2D eigenvalue weighted by Gasteiger charge is 2.09. The summed E-state index contributed by atoms with van der Waals surface area (Å²) < 4.78 is 7.78. The summed E-state index contributed by atoms with van der Waals surface area (Å²) in [5, 5.41) is 0. The van der Waals surface area contributed by atoms with Gasteiger partial charge < -0.3 is 14.2 Å². The van der Waals surface area contributed by atoms with Gasteiger partial charge in [0.05, 0.1) is 12.3 Å². The Balaban J connectivity index is 1.84. The van der Waals surface area contributed by atoms with Crippen LogP contribution in [0, 0.1) is 13.8 Å². The van der Waals surface area contributed by atoms with Crippen molar-refractivity contribution < 1.29 is 4.74 Å². The van der Waals surface area contributed by atoms with Gasteiger partial charge in [-0.1, -0.05) is 0 Å². The van der Waals surface area contributed by atoms with Gasteiger partial charge in [0.2, 0.25) is 0 Å². The van der Waals surface area contributed by atoms with E-state index in [2.05, 4.69) is 58.6 Å². The molecule has 0 saturated carbocycles. The summed E-state index contributed by atoms with van der Waals surface area (Å²) in [7, 11) is 4.07. The second-order valence-corrected chi connectivity index (χ2v) is 6.76. The summed E-state index contributed by atoms with van der Waals surface area (Å²) in [4.78, 5) is 6.73. The minimum atomic E-state index is 0.678. The Bertz CT molecular complexity index is 920. The molecule has 1 aromatic heterocycles. The van der Waals surface area contributed by atoms with E-state index >= 15 is 0 Å². The van der Waals surface area contributed by atoms with Crippen LogP contribution < -0.4 is 9.64 Å². The van der Waals surface area contributed by atoms with Gasteiger partial charge in [0, 0.05) is 48.6 Å². The van der Waals surface area contributed by atoms with Crippen LogP contribution in [0.4, 0.5) is 11.4 Å². The zero-order valence-electron chi connectivity index (χ0n) is 16.7. The van der Waals surface area contributed by atoms with Crippen LogP contribution in [0.3, 0.4) is 0 Å². The lowest BCUT2D eigenvalue weighted by molar-refractivity contribution is 0.340. The van der Waals surface area contributed by atoms with Gasteiger partial charge in [-0.3, -0.25) is 4.99 Å². The van der Waals surface area contributed by atoms with Crippen LogP contribution in [0.2, 0.25) is 0 Å². The molecule has 4 heteroatoms. The molecule has 0 bridgehead atoms. The maximum Gasteiger partial charge on any atom is 0.119 e. The van der Waals surface area contributed by atoms with Crippen molar-refractivity contribution in [3.8, 4) is 11.4 Å². The molecule has 3 aromatic rings. The van der Waals surface area contributed by atoms with Crippen molar-refractivity contribution in [1.29, 1.82) is 0 Å². The van der Waals surface area contributed by atoms with Crippen molar-refractivity contribution in [3.05, 3.63) is 71.5 Å². The van der Waals surface area contributed by atoms with E-state index < -0.39 is 0 Å². The lowest BCUT2D eigenvalue weighted by Gasteiger charge is -2.11. The van der Waals surface area contributed by atoms with Crippen molar-refractivity contribution in [1.82, 2.24) is 4.57 Å². The first-order valence-corrected chi connectivity index (χ1v) is 9.23. The van der Waals surface area contributed by atoms with Gasteiger partial charge in [-0.25, -0.2) is 0 Å². The molecule has 3 rings (SSSR count). The summed E-state index contributed by atoms with van der Waals surface area (Å²) in [5.74, 6) is 0.895. The maximum absolute atomic E-state index is 5.54. The molecule has 4 nitrogen and oxygen atoms in total. The van der Waals surface area contributed by atoms with Crippen LogP contribution in [0.15, 0.2) is 59.6 Å². The Morgan fingerprint density at radius 2 is 1.67 bits per heavy atom. The monoisotopic (exact) mass is 361 g/mol. The van der Waals surface area contributed by atoms with E-state index in [0.29, 0.717) is 6.61 Å². The summed E-state index contributed by atoms with van der Waals surface area (Å²) in [6, 6.07) is 18.6. The van der Waals surface area contributed by atoms with E-state index in [9.17, 15) is 0 Å². The van der Waals surface area contributed by atoms with Gasteiger partial charge in [-0.05, 0) is 75.4 Å². The maximum atomic E-state index is 5.54. The number of benzene rings is 2. The second-order valence-electron chi connectivity index (χ2n) is 6.76. The molecule has 0 spiro atoms. The predicted octanol–water partition coefficient (Wildman–Crippen LogP) is 5.31. The molecule has 0 radical (unpaired) electrons. The van der Waals surface area contributed by atoms with Crippen LogP contribution in [0.5, 0.6) is 5.75 Å². The minimum Gasteiger partial charge on any atom is -0.494 e. The van der Waals surface area contributed by atoms with E-state index in [0.717, 1.165) is 22.7 Å². The predicted molar refractivity (Wildman–Crippen MR) is 114 cm³/mol. The molecule has 0 saturated heterocycles. The van der Waals surface area contributed by atoms with Crippen molar-refractivity contribution in [2.45, 2.75) is 20.8 Å². The number of hydrogen-bond donors (Lipinski definition) is 0. The quantitative estimate of drug-likeness (QED) is 0.557. The number of hydrogen-bond acceptors (Lipinski definition) is 3. The third-order valence-electron chi connectivity index (χ3n) is 4.60. The number of anilines is 1. The molecule has 0 atom stereocenters. The van der Waals surface area contributed by atoms with E-state index in [-0.39, 0.29) is 0 Å². The van der Waals surface area contributed by atoms with Crippen molar-refractivity contribution in [2.75, 3.05) is 25.6 Å². The van der Waals surface area contributed by atoms with Crippen molar-refractivity contribution in [2.24, 2.45) is 4.99 Å². The summed E-state index contributed by atoms with van der Waals surface area (Å²) in [5.41, 5.74) is 6.72. The number of rotatable bonds is 6. The van der Waals surface area contributed by atoms with Gasteiger partial charge in [-0.15, -0.1) is 0 Å². The summed E-state index contributed by atoms with van der Waals surface area (Å²) >= 11 is 0. The third kappa shape index (κ3) is 4.22. The van der Waals surface area contributed by atoms with Crippen LogP contribution in [0.25, 0.3) is 5.69 Å². The standard InChI is InChI=1S/C23H27N3O/c1-6-27-23-13-11-22(12-14-23)26-17(2)15-19(18(26)3)16-24-20-7-9-21(10-8-20)25(4)5/h7-16H,6H2,1-5H3. The molecular formula is C23H27N3O. The van der Waals surface area contributed by atoms with Crippen molar-refractivity contribution in [3.63, 3.8) is 0 Å². The largest absolute Gasteiger partial charge is 0.494 e. The number of ether oxygens (including phenoxy) is 1. The normalized spacial score (nSPS) is 11.1. The van der Waals surface area contributed by atoms with Crippen LogP contribution >= 0.6 is 0 Å². The highest BCUT2D eigenvalue weighted by molar-refractivity contribution is 5.84. The fourth-order valence-corrected chi connectivity index (χ4v) is 3.15. The summed E-state index contributed by atoms with van der Waals surface area (Å²) in [6.45, 7) is 6.91. The number of aryl methyl sites for hydroxylation is 1. The molecule has 140 valence electrons. The zero-order valence-corrected chi connectivity index (χ0v) is 16.7. The summed E-state index contributed by atoms with van der Waals surface area (Å²) in [6.07, 6.45) is 1.94. The Morgan fingerprint density at radius 3 is 2.26 bits per heavy atom. The first-order chi connectivity index (χ1) is 13.0. The lowest BCUT2D eigenvalue weighted by Crippen LogP contribution is -2.07. The smallest absolute Gasteiger partial charge is 0.119 e. The Morgan fingerprint density at radius 1 is 1.00 bits per heavy atom. The molecule has 0 aliphatic heterocycles. The molecule has 0 aliphatic carbocycles. The second kappa shape index (κ2) is 8.12. The van der Waals surface area contributed by atoms with Gasteiger partial charge in [0.1, 0.15) is 5.75 Å². The van der Waals surface area contributed by atoms with Gasteiger partial charge >= 0.3 is 0 Å². The lowest BCUT2D eigenvalue weighted by atomic mass is 10.2. The van der Waals surface area contributed by atoms with E-state index in [1.54, 1.807) is 0 Å². The van der Waals surface area contributed by atoms with Crippen LogP contribution in [-0.4, -0.2) is 31.5 Å². The van der Waals surface area contributed by atoms with E-state index in [1.807, 2.05) is 51.5 Å². The highest BCUT2D eigenvalue weighted by Crippen LogP contribution is 2.23. The SMILES string of the molecule is CCOc1ccc(-n2c(C)cc(C=Nc3ccc(N(C)C)cc3)c2C)cc1. The Labute approximate surface area is 161 Å². The topological polar surface area (TPSA) is 29.8 Å².